The van der Waals surface area contributed by atoms with Gasteiger partial charge in [0.25, 0.3) is 0 Å². The molecule has 1 aromatic heterocycles. The van der Waals surface area contributed by atoms with Crippen LogP contribution in [-0.2, 0) is 0 Å². The zero-order chi connectivity index (χ0) is 14.7. The molecule has 0 radical (unpaired) electrons. The molecule has 2 N–H and O–H groups in total. The van der Waals surface area contributed by atoms with Gasteiger partial charge in [0.15, 0.2) is 5.82 Å². The first-order valence-electron chi connectivity index (χ1n) is 7.50. The van der Waals surface area contributed by atoms with E-state index in [2.05, 4.69) is 15.0 Å². The molecule has 1 aliphatic rings. The third-order valence-electron chi connectivity index (χ3n) is 3.97. The molecule has 1 fully saturated rings. The zero-order valence-electron chi connectivity index (χ0n) is 11.9. The van der Waals surface area contributed by atoms with Crippen LogP contribution in [0.2, 0.25) is 5.02 Å². The summed E-state index contributed by atoms with van der Waals surface area (Å²) in [5, 5.41) is 0.669. The van der Waals surface area contributed by atoms with Gasteiger partial charge in [-0.3, -0.25) is 0 Å². The molecular weight excluding hydrogens is 284 g/mol. The van der Waals surface area contributed by atoms with Crippen LogP contribution in [0.25, 0.3) is 11.4 Å². The first-order valence-corrected chi connectivity index (χ1v) is 7.87. The number of hydrogen-bond acceptors (Lipinski definition) is 4. The summed E-state index contributed by atoms with van der Waals surface area (Å²) in [6.07, 6.45) is 7.36. The maximum atomic E-state index is 6.04. The Bertz CT molecular complexity index is 621. The van der Waals surface area contributed by atoms with Crippen molar-refractivity contribution in [3.8, 4) is 11.4 Å². The number of nitrogens with zero attached hydrogens (tertiary/aromatic N) is 3. The van der Waals surface area contributed by atoms with Crippen LogP contribution in [0, 0.1) is 0 Å². The lowest BCUT2D eigenvalue weighted by atomic mass is 9.99. The molecule has 0 saturated heterocycles. The molecule has 5 heteroatoms. The molecule has 0 spiro atoms. The standard InChI is InChI=1S/C16H19ClN4/c17-13-9-5-8-12(10-13)15-19-14(20-16(18)21-15)11-6-3-1-2-4-7-11/h5,8-11H,1-4,6-7H2,(H2,18,19,20,21). The second-order valence-electron chi connectivity index (χ2n) is 5.57. The molecule has 4 nitrogen and oxygen atoms in total. The summed E-state index contributed by atoms with van der Waals surface area (Å²) in [4.78, 5) is 13.3. The second kappa shape index (κ2) is 6.39. The average molecular weight is 303 g/mol. The molecule has 1 aliphatic carbocycles. The summed E-state index contributed by atoms with van der Waals surface area (Å²) in [7, 11) is 0. The van der Waals surface area contributed by atoms with Crippen molar-refractivity contribution in [1.82, 2.24) is 15.0 Å². The Morgan fingerprint density at radius 1 is 1.00 bits per heavy atom. The van der Waals surface area contributed by atoms with Crippen LogP contribution in [0.15, 0.2) is 24.3 Å². The van der Waals surface area contributed by atoms with E-state index in [1.54, 1.807) is 0 Å². The molecule has 0 aliphatic heterocycles. The van der Waals surface area contributed by atoms with E-state index in [4.69, 9.17) is 17.3 Å². The molecule has 0 bridgehead atoms. The largest absolute Gasteiger partial charge is 0.368 e. The van der Waals surface area contributed by atoms with Gasteiger partial charge in [0.05, 0.1) is 0 Å². The minimum absolute atomic E-state index is 0.291. The summed E-state index contributed by atoms with van der Waals surface area (Å²) in [6.45, 7) is 0. The SMILES string of the molecule is Nc1nc(-c2cccc(Cl)c2)nc(C2CCCCCC2)n1. The summed E-state index contributed by atoms with van der Waals surface area (Å²) in [5.41, 5.74) is 6.77. The molecule has 1 aromatic carbocycles. The second-order valence-corrected chi connectivity index (χ2v) is 6.01. The van der Waals surface area contributed by atoms with Crippen molar-refractivity contribution >= 4 is 17.5 Å². The van der Waals surface area contributed by atoms with Gasteiger partial charge in [-0.05, 0) is 25.0 Å². The van der Waals surface area contributed by atoms with E-state index in [0.29, 0.717) is 22.7 Å². The van der Waals surface area contributed by atoms with E-state index >= 15 is 0 Å². The maximum absolute atomic E-state index is 6.04. The van der Waals surface area contributed by atoms with Crippen LogP contribution in [0.1, 0.15) is 50.3 Å². The van der Waals surface area contributed by atoms with Gasteiger partial charge in [-0.2, -0.15) is 9.97 Å². The molecule has 1 heterocycles. The molecule has 1 saturated carbocycles. The summed E-state index contributed by atoms with van der Waals surface area (Å²) in [5.74, 6) is 2.14. The lowest BCUT2D eigenvalue weighted by molar-refractivity contribution is 0.559. The van der Waals surface area contributed by atoms with Crippen LogP contribution < -0.4 is 5.73 Å². The van der Waals surface area contributed by atoms with E-state index in [9.17, 15) is 0 Å². The average Bonchev–Trinajstić information content (AvgIpc) is 2.76. The van der Waals surface area contributed by atoms with Crippen molar-refractivity contribution in [3.05, 3.63) is 35.1 Å². The Balaban J connectivity index is 1.95. The van der Waals surface area contributed by atoms with E-state index in [1.807, 2.05) is 24.3 Å². The van der Waals surface area contributed by atoms with Crippen LogP contribution in [-0.4, -0.2) is 15.0 Å². The van der Waals surface area contributed by atoms with Gasteiger partial charge in [-0.1, -0.05) is 49.4 Å². The summed E-state index contributed by atoms with van der Waals surface area (Å²) >= 11 is 6.04. The van der Waals surface area contributed by atoms with Crippen LogP contribution in [0.4, 0.5) is 5.95 Å². The summed E-state index contributed by atoms with van der Waals surface area (Å²) < 4.78 is 0. The monoisotopic (exact) mass is 302 g/mol. The fourth-order valence-corrected chi connectivity index (χ4v) is 3.08. The fraction of sp³-hybridized carbons (Fsp3) is 0.438. The molecule has 0 atom stereocenters. The fourth-order valence-electron chi connectivity index (χ4n) is 2.89. The molecule has 0 unspecified atom stereocenters. The number of rotatable bonds is 2. The van der Waals surface area contributed by atoms with Crippen LogP contribution >= 0.6 is 11.6 Å². The quantitative estimate of drug-likeness (QED) is 0.844. The molecule has 2 aromatic rings. The van der Waals surface area contributed by atoms with Crippen molar-refractivity contribution in [2.24, 2.45) is 0 Å². The highest BCUT2D eigenvalue weighted by Gasteiger charge is 2.19. The van der Waals surface area contributed by atoms with Crippen molar-refractivity contribution in [2.75, 3.05) is 5.73 Å². The van der Waals surface area contributed by atoms with Crippen molar-refractivity contribution in [2.45, 2.75) is 44.4 Å². The lowest BCUT2D eigenvalue weighted by Gasteiger charge is -2.13. The van der Waals surface area contributed by atoms with Gasteiger partial charge in [0.2, 0.25) is 5.95 Å². The number of anilines is 1. The first-order chi connectivity index (χ1) is 10.2. The predicted octanol–water partition coefficient (Wildman–Crippen LogP) is 4.21. The van der Waals surface area contributed by atoms with Gasteiger partial charge in [-0.15, -0.1) is 0 Å². The van der Waals surface area contributed by atoms with Gasteiger partial charge < -0.3 is 5.73 Å². The zero-order valence-corrected chi connectivity index (χ0v) is 12.7. The highest BCUT2D eigenvalue weighted by molar-refractivity contribution is 6.30. The normalized spacial score (nSPS) is 16.6. The number of aromatic nitrogens is 3. The molecule has 3 rings (SSSR count). The number of halogens is 1. The Kier molecular flexibility index (Phi) is 4.34. The highest BCUT2D eigenvalue weighted by Crippen LogP contribution is 2.31. The van der Waals surface area contributed by atoms with Crippen LogP contribution in [0.5, 0.6) is 0 Å². The molecular formula is C16H19ClN4. The maximum Gasteiger partial charge on any atom is 0.223 e. The van der Waals surface area contributed by atoms with Gasteiger partial charge >= 0.3 is 0 Å². The topological polar surface area (TPSA) is 64.7 Å². The van der Waals surface area contributed by atoms with Crippen LogP contribution in [0.3, 0.4) is 0 Å². The lowest BCUT2D eigenvalue weighted by Crippen LogP contribution is -2.09. The summed E-state index contributed by atoms with van der Waals surface area (Å²) in [6, 6.07) is 7.52. The minimum atomic E-state index is 0.291. The number of benzene rings is 1. The number of nitrogen functional groups attached to an aromatic ring is 1. The molecule has 0 amide bonds. The Labute approximate surface area is 129 Å². The van der Waals surface area contributed by atoms with E-state index in [0.717, 1.165) is 24.2 Å². The third-order valence-corrected chi connectivity index (χ3v) is 4.21. The minimum Gasteiger partial charge on any atom is -0.368 e. The predicted molar refractivity (Wildman–Crippen MR) is 85.1 cm³/mol. The highest BCUT2D eigenvalue weighted by atomic mass is 35.5. The number of nitrogens with two attached hydrogens (primary N) is 1. The van der Waals surface area contributed by atoms with E-state index in [1.165, 1.54) is 25.7 Å². The molecule has 110 valence electrons. The Hall–Kier alpha value is -1.68. The van der Waals surface area contributed by atoms with Crippen molar-refractivity contribution in [3.63, 3.8) is 0 Å². The number of hydrogen-bond donors (Lipinski definition) is 1. The first kappa shape index (κ1) is 14.3. The third kappa shape index (κ3) is 3.50. The molecule has 21 heavy (non-hydrogen) atoms. The Morgan fingerprint density at radius 3 is 2.48 bits per heavy atom. The van der Waals surface area contributed by atoms with Gasteiger partial charge in [0, 0.05) is 16.5 Å². The van der Waals surface area contributed by atoms with E-state index < -0.39 is 0 Å². The van der Waals surface area contributed by atoms with Gasteiger partial charge in [-0.25, -0.2) is 4.98 Å². The Morgan fingerprint density at radius 2 is 1.76 bits per heavy atom. The smallest absolute Gasteiger partial charge is 0.223 e. The van der Waals surface area contributed by atoms with Gasteiger partial charge in [0.1, 0.15) is 5.82 Å². The van der Waals surface area contributed by atoms with Crippen molar-refractivity contribution < 1.29 is 0 Å². The van der Waals surface area contributed by atoms with Crippen molar-refractivity contribution in [1.29, 1.82) is 0 Å². The van der Waals surface area contributed by atoms with E-state index in [-0.39, 0.29) is 0 Å².